The third-order valence-electron chi connectivity index (χ3n) is 4.10. The van der Waals surface area contributed by atoms with E-state index < -0.39 is 5.97 Å². The van der Waals surface area contributed by atoms with Crippen LogP contribution in [0.3, 0.4) is 0 Å². The van der Waals surface area contributed by atoms with E-state index in [9.17, 15) is 4.79 Å². The van der Waals surface area contributed by atoms with Crippen LogP contribution in [0.4, 0.5) is 5.82 Å². The number of anilines is 1. The molecule has 5 nitrogen and oxygen atoms in total. The number of benzene rings is 1. The van der Waals surface area contributed by atoms with Crippen molar-refractivity contribution in [2.75, 3.05) is 31.5 Å². The van der Waals surface area contributed by atoms with Crippen molar-refractivity contribution in [3.8, 4) is 0 Å². The highest BCUT2D eigenvalue weighted by Gasteiger charge is 2.07. The molecule has 0 saturated carbocycles. The number of rotatable bonds is 9. The van der Waals surface area contributed by atoms with Crippen molar-refractivity contribution in [3.05, 3.63) is 36.0 Å². The molecule has 2 N–H and O–H groups in total. The number of nitrogens with zero attached hydrogens (tertiary/aromatic N) is 2. The summed E-state index contributed by atoms with van der Waals surface area (Å²) in [5, 5.41) is 14.3. The van der Waals surface area contributed by atoms with Gasteiger partial charge in [-0.15, -0.1) is 0 Å². The maximum Gasteiger partial charge on any atom is 0.335 e. The van der Waals surface area contributed by atoms with Crippen molar-refractivity contribution in [2.45, 2.75) is 26.7 Å². The second-order valence-electron chi connectivity index (χ2n) is 5.56. The summed E-state index contributed by atoms with van der Waals surface area (Å²) in [4.78, 5) is 17.9. The van der Waals surface area contributed by atoms with Crippen molar-refractivity contribution >= 4 is 22.6 Å². The predicted molar refractivity (Wildman–Crippen MR) is 94.2 cm³/mol. The first-order valence-corrected chi connectivity index (χ1v) is 8.24. The summed E-state index contributed by atoms with van der Waals surface area (Å²) >= 11 is 0. The predicted octanol–water partition coefficient (Wildman–Crippen LogP) is 3.47. The number of carbonyl (C=O) groups is 1. The summed E-state index contributed by atoms with van der Waals surface area (Å²) in [5.74, 6) is -0.158. The van der Waals surface area contributed by atoms with Gasteiger partial charge >= 0.3 is 5.97 Å². The van der Waals surface area contributed by atoms with Crippen LogP contribution in [0.15, 0.2) is 30.5 Å². The Bertz CT molecular complexity index is 654. The quantitative estimate of drug-likeness (QED) is 0.694. The molecule has 0 aliphatic heterocycles. The number of fused-ring (bicyclic) bond motifs is 1. The lowest BCUT2D eigenvalue weighted by molar-refractivity contribution is 0.0697. The highest BCUT2D eigenvalue weighted by Crippen LogP contribution is 2.22. The maximum atomic E-state index is 11.1. The summed E-state index contributed by atoms with van der Waals surface area (Å²) in [5.41, 5.74) is 0.287. The molecule has 5 heteroatoms. The van der Waals surface area contributed by atoms with Crippen LogP contribution < -0.4 is 5.32 Å². The van der Waals surface area contributed by atoms with Gasteiger partial charge in [-0.3, -0.25) is 0 Å². The topological polar surface area (TPSA) is 65.5 Å². The molecule has 0 spiro atoms. The normalized spacial score (nSPS) is 11.1. The van der Waals surface area contributed by atoms with Crippen LogP contribution in [0, 0.1) is 0 Å². The molecule has 0 aliphatic carbocycles. The summed E-state index contributed by atoms with van der Waals surface area (Å²) in [6.45, 7) is 8.49. The molecule has 124 valence electrons. The van der Waals surface area contributed by atoms with E-state index in [1.54, 1.807) is 18.3 Å². The monoisotopic (exact) mass is 315 g/mol. The Morgan fingerprint density at radius 2 is 2.00 bits per heavy atom. The van der Waals surface area contributed by atoms with Crippen LogP contribution >= 0.6 is 0 Å². The lowest BCUT2D eigenvalue weighted by atomic mass is 10.1. The van der Waals surface area contributed by atoms with Gasteiger partial charge in [0.05, 0.1) is 5.56 Å². The van der Waals surface area contributed by atoms with Gasteiger partial charge in [0, 0.05) is 18.1 Å². The standard InChI is InChI=1S/C18H25N3O2/c1-3-21(4-2)12-6-5-10-19-17-16-13-15(18(22)23)8-7-14(16)9-11-20-17/h7-9,11,13H,3-6,10,12H2,1-2H3,(H,19,20)(H,22,23). The zero-order chi connectivity index (χ0) is 16.7. The first-order chi connectivity index (χ1) is 11.2. The average molecular weight is 315 g/mol. The number of unbranched alkanes of at least 4 members (excludes halogenated alkanes) is 1. The summed E-state index contributed by atoms with van der Waals surface area (Å²) in [7, 11) is 0. The van der Waals surface area contributed by atoms with Gasteiger partial charge in [0.1, 0.15) is 5.82 Å². The highest BCUT2D eigenvalue weighted by molar-refractivity contribution is 5.98. The largest absolute Gasteiger partial charge is 0.478 e. The molecule has 0 amide bonds. The molecule has 2 aromatic rings. The molecule has 0 unspecified atom stereocenters. The second-order valence-corrected chi connectivity index (χ2v) is 5.56. The van der Waals surface area contributed by atoms with E-state index in [1.807, 2.05) is 12.1 Å². The van der Waals surface area contributed by atoms with E-state index in [1.165, 1.54) is 0 Å². The average Bonchev–Trinajstić information content (AvgIpc) is 2.57. The highest BCUT2D eigenvalue weighted by atomic mass is 16.4. The Balaban J connectivity index is 1.97. The number of aromatic nitrogens is 1. The minimum atomic E-state index is -0.916. The van der Waals surface area contributed by atoms with Gasteiger partial charge in [-0.25, -0.2) is 9.78 Å². The minimum absolute atomic E-state index is 0.287. The Morgan fingerprint density at radius 1 is 1.22 bits per heavy atom. The lowest BCUT2D eigenvalue weighted by Crippen LogP contribution is -2.24. The van der Waals surface area contributed by atoms with Crippen molar-refractivity contribution < 1.29 is 9.90 Å². The van der Waals surface area contributed by atoms with Gasteiger partial charge in [-0.1, -0.05) is 19.9 Å². The molecule has 1 aromatic carbocycles. The number of aromatic carboxylic acids is 1. The number of carboxylic acids is 1. The maximum absolute atomic E-state index is 11.1. The number of hydrogen-bond acceptors (Lipinski definition) is 4. The fourth-order valence-electron chi connectivity index (χ4n) is 2.65. The molecule has 2 rings (SSSR count). The lowest BCUT2D eigenvalue weighted by Gasteiger charge is -2.17. The molecular formula is C18H25N3O2. The van der Waals surface area contributed by atoms with Gasteiger partial charge in [0.25, 0.3) is 0 Å². The fourth-order valence-corrected chi connectivity index (χ4v) is 2.65. The van der Waals surface area contributed by atoms with Crippen LogP contribution in [-0.2, 0) is 0 Å². The van der Waals surface area contributed by atoms with Crippen LogP contribution in [-0.4, -0.2) is 47.1 Å². The minimum Gasteiger partial charge on any atom is -0.478 e. The summed E-state index contributed by atoms with van der Waals surface area (Å²) in [6, 6.07) is 7.03. The molecular weight excluding hydrogens is 290 g/mol. The van der Waals surface area contributed by atoms with E-state index in [0.717, 1.165) is 55.6 Å². The Hall–Kier alpha value is -2.14. The van der Waals surface area contributed by atoms with Crippen LogP contribution in [0.5, 0.6) is 0 Å². The van der Waals surface area contributed by atoms with Crippen molar-refractivity contribution in [3.63, 3.8) is 0 Å². The van der Waals surface area contributed by atoms with Gasteiger partial charge in [-0.05, 0) is 56.1 Å². The number of pyridine rings is 1. The van der Waals surface area contributed by atoms with E-state index in [0.29, 0.717) is 0 Å². The third kappa shape index (κ3) is 4.66. The molecule has 1 heterocycles. The molecule has 0 fully saturated rings. The molecule has 0 atom stereocenters. The van der Waals surface area contributed by atoms with Crippen LogP contribution in [0.2, 0.25) is 0 Å². The smallest absolute Gasteiger partial charge is 0.335 e. The van der Waals surface area contributed by atoms with E-state index in [4.69, 9.17) is 5.11 Å². The van der Waals surface area contributed by atoms with E-state index in [-0.39, 0.29) is 5.56 Å². The fraction of sp³-hybridized carbons (Fsp3) is 0.444. The zero-order valence-corrected chi connectivity index (χ0v) is 13.9. The van der Waals surface area contributed by atoms with E-state index in [2.05, 4.69) is 29.0 Å². The van der Waals surface area contributed by atoms with Crippen molar-refractivity contribution in [1.29, 1.82) is 0 Å². The third-order valence-corrected chi connectivity index (χ3v) is 4.10. The molecule has 23 heavy (non-hydrogen) atoms. The van der Waals surface area contributed by atoms with Crippen LogP contribution in [0.1, 0.15) is 37.0 Å². The first-order valence-electron chi connectivity index (χ1n) is 8.24. The summed E-state index contributed by atoms with van der Waals surface area (Å²) < 4.78 is 0. The van der Waals surface area contributed by atoms with Crippen molar-refractivity contribution in [1.82, 2.24) is 9.88 Å². The first kappa shape index (κ1) is 17.2. The van der Waals surface area contributed by atoms with Gasteiger partial charge < -0.3 is 15.3 Å². The molecule has 0 saturated heterocycles. The zero-order valence-electron chi connectivity index (χ0n) is 13.9. The Labute approximate surface area is 137 Å². The Kier molecular flexibility index (Phi) is 6.35. The number of hydrogen-bond donors (Lipinski definition) is 2. The SMILES string of the molecule is CCN(CC)CCCCNc1nccc2ccc(C(=O)O)cc12. The van der Waals surface area contributed by atoms with Gasteiger partial charge in [0.2, 0.25) is 0 Å². The molecule has 1 aromatic heterocycles. The number of nitrogens with one attached hydrogen (secondary N) is 1. The van der Waals surface area contributed by atoms with Gasteiger partial charge in [-0.2, -0.15) is 0 Å². The molecule has 0 bridgehead atoms. The number of carboxylic acid groups (broad SMARTS) is 1. The van der Waals surface area contributed by atoms with Crippen LogP contribution in [0.25, 0.3) is 10.8 Å². The molecule has 0 aliphatic rings. The molecule has 0 radical (unpaired) electrons. The van der Waals surface area contributed by atoms with E-state index >= 15 is 0 Å². The van der Waals surface area contributed by atoms with Crippen molar-refractivity contribution in [2.24, 2.45) is 0 Å². The van der Waals surface area contributed by atoms with Gasteiger partial charge in [0.15, 0.2) is 0 Å². The second kappa shape index (κ2) is 8.48. The Morgan fingerprint density at radius 3 is 2.70 bits per heavy atom. The summed E-state index contributed by atoms with van der Waals surface area (Å²) in [6.07, 6.45) is 3.95.